The molecule has 1 aliphatic heterocycles. The van der Waals surface area contributed by atoms with Gasteiger partial charge >= 0.3 is 0 Å². The fourth-order valence-corrected chi connectivity index (χ4v) is 0.859. The molecule has 1 heterocycles. The largest absolute Gasteiger partial charge is 0.286 e. The standard InChI is InChI=1S/C8H11N/c1-7-4-3-5-9-8(2)6-7/h3-6,8H,1-2H3. The molecular formula is C8H11N. The second-order valence-electron chi connectivity index (χ2n) is 2.31. The Morgan fingerprint density at radius 3 is 3.11 bits per heavy atom. The van der Waals surface area contributed by atoms with Crippen LogP contribution in [0.15, 0.2) is 28.8 Å². The van der Waals surface area contributed by atoms with E-state index in [9.17, 15) is 0 Å². The molecule has 0 bridgehead atoms. The van der Waals surface area contributed by atoms with E-state index >= 15 is 0 Å². The van der Waals surface area contributed by atoms with Crippen LogP contribution < -0.4 is 0 Å². The number of hydrogen-bond acceptors (Lipinski definition) is 1. The Kier molecular flexibility index (Phi) is 1.83. The average molecular weight is 121 g/mol. The molecule has 48 valence electrons. The van der Waals surface area contributed by atoms with Crippen LogP contribution >= 0.6 is 0 Å². The maximum Gasteiger partial charge on any atom is 0.0657 e. The van der Waals surface area contributed by atoms with Crippen LogP contribution in [0.3, 0.4) is 0 Å². The maximum absolute atomic E-state index is 4.19. The summed E-state index contributed by atoms with van der Waals surface area (Å²) in [7, 11) is 0. The van der Waals surface area contributed by atoms with Gasteiger partial charge in [-0.3, -0.25) is 4.99 Å². The Hall–Kier alpha value is -0.850. The van der Waals surface area contributed by atoms with Gasteiger partial charge in [-0.05, 0) is 19.9 Å². The molecule has 1 nitrogen and oxygen atoms in total. The van der Waals surface area contributed by atoms with Crippen molar-refractivity contribution in [3.63, 3.8) is 0 Å². The monoisotopic (exact) mass is 121 g/mol. The van der Waals surface area contributed by atoms with Gasteiger partial charge in [-0.15, -0.1) is 0 Å². The van der Waals surface area contributed by atoms with Gasteiger partial charge in [-0.2, -0.15) is 0 Å². The molecule has 0 aromatic heterocycles. The number of aliphatic imine (C=N–C) groups is 1. The first kappa shape index (κ1) is 6.27. The molecule has 1 unspecified atom stereocenters. The van der Waals surface area contributed by atoms with E-state index in [1.54, 1.807) is 0 Å². The summed E-state index contributed by atoms with van der Waals surface area (Å²) in [5.41, 5.74) is 1.29. The summed E-state index contributed by atoms with van der Waals surface area (Å²) in [6, 6.07) is 0.347. The quantitative estimate of drug-likeness (QED) is 0.464. The van der Waals surface area contributed by atoms with Crippen LogP contribution in [0.25, 0.3) is 0 Å². The second-order valence-corrected chi connectivity index (χ2v) is 2.31. The molecule has 0 spiro atoms. The van der Waals surface area contributed by atoms with Crippen molar-refractivity contribution in [2.45, 2.75) is 19.9 Å². The Balaban J connectivity index is 2.77. The van der Waals surface area contributed by atoms with Crippen LogP contribution in [-0.4, -0.2) is 12.3 Å². The molecular weight excluding hydrogens is 110 g/mol. The van der Waals surface area contributed by atoms with Crippen LogP contribution in [-0.2, 0) is 0 Å². The van der Waals surface area contributed by atoms with E-state index < -0.39 is 0 Å². The topological polar surface area (TPSA) is 12.4 Å². The van der Waals surface area contributed by atoms with Crippen molar-refractivity contribution in [1.29, 1.82) is 0 Å². The second kappa shape index (κ2) is 2.62. The van der Waals surface area contributed by atoms with E-state index in [0.29, 0.717) is 6.04 Å². The zero-order valence-corrected chi connectivity index (χ0v) is 5.83. The minimum absolute atomic E-state index is 0.347. The average Bonchev–Trinajstić information content (AvgIpc) is 1.93. The van der Waals surface area contributed by atoms with Crippen molar-refractivity contribution in [2.75, 3.05) is 0 Å². The first-order chi connectivity index (χ1) is 4.29. The van der Waals surface area contributed by atoms with Crippen molar-refractivity contribution in [3.8, 4) is 0 Å². The number of hydrogen-bond donors (Lipinski definition) is 0. The molecule has 9 heavy (non-hydrogen) atoms. The zero-order valence-electron chi connectivity index (χ0n) is 5.83. The van der Waals surface area contributed by atoms with Gasteiger partial charge in [0.05, 0.1) is 6.04 Å². The first-order valence-electron chi connectivity index (χ1n) is 3.17. The third kappa shape index (κ3) is 1.84. The minimum atomic E-state index is 0.347. The predicted molar refractivity (Wildman–Crippen MR) is 40.9 cm³/mol. The highest BCUT2D eigenvalue weighted by atomic mass is 14.7. The number of nitrogens with zero attached hydrogens (tertiary/aromatic N) is 1. The van der Waals surface area contributed by atoms with Gasteiger partial charge in [-0.1, -0.05) is 17.7 Å². The van der Waals surface area contributed by atoms with Crippen LogP contribution in [0.4, 0.5) is 0 Å². The van der Waals surface area contributed by atoms with Crippen LogP contribution in [0, 0.1) is 0 Å². The lowest BCUT2D eigenvalue weighted by atomic mass is 10.2. The SMILES string of the molecule is CC1=CC(C)N=CC=C1. The molecule has 0 radical (unpaired) electrons. The smallest absolute Gasteiger partial charge is 0.0657 e. The van der Waals surface area contributed by atoms with Crippen molar-refractivity contribution < 1.29 is 0 Å². The van der Waals surface area contributed by atoms with Crippen LogP contribution in [0.5, 0.6) is 0 Å². The third-order valence-electron chi connectivity index (χ3n) is 1.27. The molecule has 0 saturated carbocycles. The fraction of sp³-hybridized carbons (Fsp3) is 0.375. The van der Waals surface area contributed by atoms with E-state index in [1.165, 1.54) is 5.57 Å². The molecule has 0 N–H and O–H groups in total. The van der Waals surface area contributed by atoms with E-state index in [-0.39, 0.29) is 0 Å². The van der Waals surface area contributed by atoms with Crippen molar-refractivity contribution in [2.24, 2.45) is 4.99 Å². The molecule has 0 amide bonds. The highest BCUT2D eigenvalue weighted by Gasteiger charge is 1.93. The molecule has 1 heteroatoms. The molecule has 0 aromatic carbocycles. The highest BCUT2D eigenvalue weighted by Crippen LogP contribution is 2.02. The lowest BCUT2D eigenvalue weighted by molar-refractivity contribution is 0.928. The van der Waals surface area contributed by atoms with Crippen molar-refractivity contribution in [3.05, 3.63) is 23.8 Å². The Morgan fingerprint density at radius 2 is 2.33 bits per heavy atom. The predicted octanol–water partition coefficient (Wildman–Crippen LogP) is 1.96. The lowest BCUT2D eigenvalue weighted by Gasteiger charge is -1.94. The molecule has 0 saturated heterocycles. The summed E-state index contributed by atoms with van der Waals surface area (Å²) < 4.78 is 0. The Morgan fingerprint density at radius 1 is 1.56 bits per heavy atom. The highest BCUT2D eigenvalue weighted by molar-refractivity contribution is 5.72. The summed E-state index contributed by atoms with van der Waals surface area (Å²) >= 11 is 0. The van der Waals surface area contributed by atoms with Gasteiger partial charge in [0.25, 0.3) is 0 Å². The Labute approximate surface area is 55.8 Å². The molecule has 1 rings (SSSR count). The molecule has 1 aliphatic rings. The zero-order chi connectivity index (χ0) is 6.69. The lowest BCUT2D eigenvalue weighted by Crippen LogP contribution is -1.90. The van der Waals surface area contributed by atoms with Gasteiger partial charge in [0.1, 0.15) is 0 Å². The van der Waals surface area contributed by atoms with E-state index in [1.807, 2.05) is 12.3 Å². The maximum atomic E-state index is 4.19. The molecule has 0 aliphatic carbocycles. The Bertz CT molecular complexity index is 175. The summed E-state index contributed by atoms with van der Waals surface area (Å²) in [6.45, 7) is 4.16. The first-order valence-corrected chi connectivity index (χ1v) is 3.17. The fourth-order valence-electron chi connectivity index (χ4n) is 0.859. The minimum Gasteiger partial charge on any atom is -0.286 e. The summed E-state index contributed by atoms with van der Waals surface area (Å²) in [5, 5.41) is 0. The van der Waals surface area contributed by atoms with Crippen LogP contribution in [0.1, 0.15) is 13.8 Å². The van der Waals surface area contributed by atoms with Gasteiger partial charge in [0.2, 0.25) is 0 Å². The number of rotatable bonds is 0. The normalized spacial score (nSPS) is 25.6. The van der Waals surface area contributed by atoms with Gasteiger partial charge in [0, 0.05) is 6.21 Å². The van der Waals surface area contributed by atoms with Gasteiger partial charge in [-0.25, -0.2) is 0 Å². The number of allylic oxidation sites excluding steroid dienone is 3. The summed E-state index contributed by atoms with van der Waals surface area (Å²) in [6.07, 6.45) is 8.01. The van der Waals surface area contributed by atoms with Gasteiger partial charge in [0.15, 0.2) is 0 Å². The van der Waals surface area contributed by atoms with E-state index in [0.717, 1.165) is 0 Å². The van der Waals surface area contributed by atoms with Crippen LogP contribution in [0.2, 0.25) is 0 Å². The third-order valence-corrected chi connectivity index (χ3v) is 1.27. The van der Waals surface area contributed by atoms with Gasteiger partial charge < -0.3 is 0 Å². The molecule has 0 fully saturated rings. The molecule has 1 atom stereocenters. The van der Waals surface area contributed by atoms with E-state index in [2.05, 4.69) is 31.0 Å². The van der Waals surface area contributed by atoms with Crippen molar-refractivity contribution in [1.82, 2.24) is 0 Å². The molecule has 0 aromatic rings. The summed E-state index contributed by atoms with van der Waals surface area (Å²) in [4.78, 5) is 4.19. The summed E-state index contributed by atoms with van der Waals surface area (Å²) in [5.74, 6) is 0. The van der Waals surface area contributed by atoms with E-state index in [4.69, 9.17) is 0 Å². The van der Waals surface area contributed by atoms with Crippen molar-refractivity contribution >= 4 is 6.21 Å².